The third-order valence-electron chi connectivity index (χ3n) is 1.39. The molecule has 2 N–H and O–H groups in total. The summed E-state index contributed by atoms with van der Waals surface area (Å²) in [5, 5.41) is 0. The fraction of sp³-hybridized carbons (Fsp3) is 0.800. The molecule has 9 heavy (non-hydrogen) atoms. The van der Waals surface area contributed by atoms with Gasteiger partial charge in [-0.15, -0.1) is 12.4 Å². The Labute approximate surface area is 60.6 Å². The molecule has 1 aliphatic heterocycles. The monoisotopic (exact) mass is 150 g/mol. The molecule has 0 aromatic heterocycles. The molecule has 3 nitrogen and oxygen atoms in total. The number of nitrogens with two attached hydrogens (primary N) is 1. The first-order valence-electron chi connectivity index (χ1n) is 2.82. The van der Waals surface area contributed by atoms with Gasteiger partial charge in [-0.25, -0.2) is 0 Å². The van der Waals surface area contributed by atoms with Crippen molar-refractivity contribution in [2.45, 2.75) is 12.8 Å². The molecule has 0 radical (unpaired) electrons. The Morgan fingerprint density at radius 1 is 1.67 bits per heavy atom. The summed E-state index contributed by atoms with van der Waals surface area (Å²) in [5.74, 6) is 0.201. The molecule has 0 aliphatic carbocycles. The van der Waals surface area contributed by atoms with Crippen LogP contribution in [0.4, 0.5) is 0 Å². The fourth-order valence-corrected chi connectivity index (χ4v) is 0.897. The van der Waals surface area contributed by atoms with E-state index in [1.54, 1.807) is 4.90 Å². The number of hydrogen-bond donors (Lipinski definition) is 1. The molecule has 0 saturated carbocycles. The van der Waals surface area contributed by atoms with Crippen LogP contribution in [-0.4, -0.2) is 24.0 Å². The van der Waals surface area contributed by atoms with E-state index in [2.05, 4.69) is 0 Å². The molecule has 0 spiro atoms. The van der Waals surface area contributed by atoms with Crippen LogP contribution < -0.4 is 5.73 Å². The lowest BCUT2D eigenvalue weighted by atomic mass is 10.4. The molecule has 1 aliphatic rings. The minimum absolute atomic E-state index is 0. The highest BCUT2D eigenvalue weighted by Gasteiger charge is 2.17. The van der Waals surface area contributed by atoms with Gasteiger partial charge in [0.1, 0.15) is 0 Å². The molecular formula is C5H11ClN2O. The van der Waals surface area contributed by atoms with Gasteiger partial charge >= 0.3 is 0 Å². The molecule has 1 rings (SSSR count). The van der Waals surface area contributed by atoms with Gasteiger partial charge in [0.05, 0.1) is 6.67 Å². The molecule has 0 atom stereocenters. The summed E-state index contributed by atoms with van der Waals surface area (Å²) in [5.41, 5.74) is 5.23. The molecule has 0 aromatic rings. The Morgan fingerprint density at radius 2 is 2.33 bits per heavy atom. The quantitative estimate of drug-likeness (QED) is 0.570. The number of carbonyl (C=O) groups is 1. The largest absolute Gasteiger partial charge is 0.330 e. The van der Waals surface area contributed by atoms with Crippen molar-refractivity contribution in [1.29, 1.82) is 0 Å². The van der Waals surface area contributed by atoms with E-state index < -0.39 is 0 Å². The summed E-state index contributed by atoms with van der Waals surface area (Å²) in [6.07, 6.45) is 1.67. The van der Waals surface area contributed by atoms with E-state index in [1.807, 2.05) is 0 Å². The zero-order chi connectivity index (χ0) is 5.98. The molecule has 1 fully saturated rings. The van der Waals surface area contributed by atoms with E-state index in [0.717, 1.165) is 13.0 Å². The number of likely N-dealkylation sites (tertiary alicyclic amines) is 1. The normalized spacial score (nSPS) is 17.9. The Hall–Kier alpha value is -0.280. The van der Waals surface area contributed by atoms with Gasteiger partial charge in [-0.3, -0.25) is 4.79 Å². The zero-order valence-corrected chi connectivity index (χ0v) is 5.99. The summed E-state index contributed by atoms with van der Waals surface area (Å²) in [6, 6.07) is 0. The van der Waals surface area contributed by atoms with Crippen LogP contribution in [0.3, 0.4) is 0 Å². The maximum absolute atomic E-state index is 10.7. The first-order valence-corrected chi connectivity index (χ1v) is 2.82. The fourth-order valence-electron chi connectivity index (χ4n) is 0.897. The van der Waals surface area contributed by atoms with Crippen LogP contribution in [0.1, 0.15) is 12.8 Å². The van der Waals surface area contributed by atoms with Crippen molar-refractivity contribution in [1.82, 2.24) is 4.90 Å². The predicted molar refractivity (Wildman–Crippen MR) is 37.2 cm³/mol. The van der Waals surface area contributed by atoms with Gasteiger partial charge in [0.15, 0.2) is 0 Å². The highest BCUT2D eigenvalue weighted by atomic mass is 35.5. The summed E-state index contributed by atoms with van der Waals surface area (Å²) >= 11 is 0. The van der Waals surface area contributed by atoms with Crippen LogP contribution in [0.15, 0.2) is 0 Å². The Bertz CT molecular complexity index is 107. The van der Waals surface area contributed by atoms with Crippen molar-refractivity contribution < 1.29 is 4.79 Å². The van der Waals surface area contributed by atoms with E-state index in [4.69, 9.17) is 5.73 Å². The van der Waals surface area contributed by atoms with E-state index >= 15 is 0 Å². The molecule has 1 saturated heterocycles. The average molecular weight is 151 g/mol. The molecule has 1 heterocycles. The first kappa shape index (κ1) is 8.72. The summed E-state index contributed by atoms with van der Waals surface area (Å²) in [4.78, 5) is 12.3. The SMILES string of the molecule is Cl.NCN1CCCC1=O. The van der Waals surface area contributed by atoms with E-state index in [9.17, 15) is 4.79 Å². The molecule has 1 amide bonds. The number of carbonyl (C=O) groups excluding carboxylic acids is 1. The molecule has 54 valence electrons. The second-order valence-electron chi connectivity index (χ2n) is 1.94. The van der Waals surface area contributed by atoms with Gasteiger partial charge in [-0.1, -0.05) is 0 Å². The van der Waals surface area contributed by atoms with Gasteiger partial charge in [-0.2, -0.15) is 0 Å². The maximum atomic E-state index is 10.7. The summed E-state index contributed by atoms with van der Waals surface area (Å²) in [6.45, 7) is 1.24. The lowest BCUT2D eigenvalue weighted by Crippen LogP contribution is -2.30. The van der Waals surface area contributed by atoms with Gasteiger partial charge in [0.25, 0.3) is 0 Å². The highest BCUT2D eigenvalue weighted by Crippen LogP contribution is 2.06. The standard InChI is InChI=1S/C5H10N2O.ClH/c6-4-7-3-1-2-5(7)8;/h1-4,6H2;1H. The Balaban J connectivity index is 0.000000640. The third kappa shape index (κ3) is 1.84. The molecule has 4 heteroatoms. The topological polar surface area (TPSA) is 46.3 Å². The molecule has 0 bridgehead atoms. The number of nitrogens with zero attached hydrogens (tertiary/aromatic N) is 1. The number of amides is 1. The Morgan fingerprint density at radius 3 is 2.56 bits per heavy atom. The molecular weight excluding hydrogens is 140 g/mol. The predicted octanol–water partition coefficient (Wildman–Crippen LogP) is -0.0532. The molecule has 0 aromatic carbocycles. The van der Waals surface area contributed by atoms with Crippen molar-refractivity contribution in [3.8, 4) is 0 Å². The number of hydrogen-bond acceptors (Lipinski definition) is 2. The molecule has 0 unspecified atom stereocenters. The van der Waals surface area contributed by atoms with Crippen molar-refractivity contribution >= 4 is 18.3 Å². The van der Waals surface area contributed by atoms with Gasteiger partial charge in [0, 0.05) is 13.0 Å². The second kappa shape index (κ2) is 3.69. The summed E-state index contributed by atoms with van der Waals surface area (Å²) in [7, 11) is 0. The second-order valence-corrected chi connectivity index (χ2v) is 1.94. The third-order valence-corrected chi connectivity index (χ3v) is 1.39. The average Bonchev–Trinajstić information content (AvgIpc) is 2.14. The summed E-state index contributed by atoms with van der Waals surface area (Å²) < 4.78 is 0. The van der Waals surface area contributed by atoms with Crippen LogP contribution >= 0.6 is 12.4 Å². The smallest absolute Gasteiger partial charge is 0.223 e. The van der Waals surface area contributed by atoms with Crippen molar-refractivity contribution in [3.05, 3.63) is 0 Å². The number of halogens is 1. The highest BCUT2D eigenvalue weighted by molar-refractivity contribution is 5.85. The first-order chi connectivity index (χ1) is 3.84. The van der Waals surface area contributed by atoms with Crippen LogP contribution in [0.2, 0.25) is 0 Å². The van der Waals surface area contributed by atoms with E-state index in [1.165, 1.54) is 0 Å². The Kier molecular flexibility index (Phi) is 3.58. The lowest BCUT2D eigenvalue weighted by Gasteiger charge is -2.09. The van der Waals surface area contributed by atoms with Crippen LogP contribution in [0.25, 0.3) is 0 Å². The zero-order valence-electron chi connectivity index (χ0n) is 5.17. The van der Waals surface area contributed by atoms with Gasteiger partial charge in [0.2, 0.25) is 5.91 Å². The minimum Gasteiger partial charge on any atom is -0.330 e. The van der Waals surface area contributed by atoms with Crippen molar-refractivity contribution in [2.75, 3.05) is 13.2 Å². The minimum atomic E-state index is 0. The van der Waals surface area contributed by atoms with Gasteiger partial charge in [-0.05, 0) is 6.42 Å². The van der Waals surface area contributed by atoms with Crippen molar-refractivity contribution in [3.63, 3.8) is 0 Å². The van der Waals surface area contributed by atoms with E-state index in [-0.39, 0.29) is 18.3 Å². The van der Waals surface area contributed by atoms with Gasteiger partial charge < -0.3 is 10.6 Å². The van der Waals surface area contributed by atoms with Crippen LogP contribution in [-0.2, 0) is 4.79 Å². The van der Waals surface area contributed by atoms with Crippen LogP contribution in [0.5, 0.6) is 0 Å². The number of rotatable bonds is 1. The lowest BCUT2D eigenvalue weighted by molar-refractivity contribution is -0.127. The van der Waals surface area contributed by atoms with E-state index in [0.29, 0.717) is 13.1 Å². The maximum Gasteiger partial charge on any atom is 0.223 e. The van der Waals surface area contributed by atoms with Crippen molar-refractivity contribution in [2.24, 2.45) is 5.73 Å². The van der Waals surface area contributed by atoms with Crippen LogP contribution in [0, 0.1) is 0 Å².